The molecule has 10 aromatic rings. The Morgan fingerprint density at radius 1 is 0.308 bits per heavy atom. The molecule has 0 aliphatic rings. The lowest BCUT2D eigenvalue weighted by Gasteiger charge is -2.26. The highest BCUT2D eigenvalue weighted by Gasteiger charge is 2.17. The minimum absolute atomic E-state index is 0.905. The van der Waals surface area contributed by atoms with Gasteiger partial charge in [-0.05, 0) is 98.1 Å². The molecule has 52 heavy (non-hydrogen) atoms. The van der Waals surface area contributed by atoms with Gasteiger partial charge in [0, 0.05) is 33.2 Å². The number of hydrogen-bond donors (Lipinski definition) is 0. The zero-order chi connectivity index (χ0) is 34.4. The summed E-state index contributed by atoms with van der Waals surface area (Å²) in [7, 11) is 0. The number of fused-ring (bicyclic) bond motifs is 6. The van der Waals surface area contributed by atoms with Crippen molar-refractivity contribution < 1.29 is 4.42 Å². The molecular formula is C50H33NO. The highest BCUT2D eigenvalue weighted by atomic mass is 16.3. The van der Waals surface area contributed by atoms with Crippen LogP contribution in [-0.2, 0) is 0 Å². The van der Waals surface area contributed by atoms with Crippen LogP contribution >= 0.6 is 0 Å². The first-order valence-electron chi connectivity index (χ1n) is 17.8. The fourth-order valence-electron chi connectivity index (χ4n) is 7.73. The Hall–Kier alpha value is -6.90. The molecule has 0 saturated heterocycles. The largest absolute Gasteiger partial charge is 0.455 e. The maximum Gasteiger partial charge on any atom is 0.143 e. The van der Waals surface area contributed by atoms with Crippen molar-refractivity contribution in [2.75, 3.05) is 4.90 Å². The van der Waals surface area contributed by atoms with Gasteiger partial charge in [0.25, 0.3) is 0 Å². The summed E-state index contributed by atoms with van der Waals surface area (Å²) in [6.07, 6.45) is 0. The SMILES string of the molecule is c1ccc(N(c2ccc(-c3ccc(-c4cccc5ccccc45)cc3)cc2)c2ccc(-c3cccc4oc5c6ccccc6ccc5c34)cc2)cc1. The van der Waals surface area contributed by atoms with E-state index >= 15 is 0 Å². The van der Waals surface area contributed by atoms with Gasteiger partial charge in [0.15, 0.2) is 0 Å². The third-order valence-corrected chi connectivity index (χ3v) is 10.3. The predicted molar refractivity (Wildman–Crippen MR) is 220 cm³/mol. The van der Waals surface area contributed by atoms with E-state index in [1.165, 1.54) is 44.0 Å². The summed E-state index contributed by atoms with van der Waals surface area (Å²) in [4.78, 5) is 2.32. The molecule has 2 nitrogen and oxygen atoms in total. The summed E-state index contributed by atoms with van der Waals surface area (Å²) in [6.45, 7) is 0. The second kappa shape index (κ2) is 12.5. The summed E-state index contributed by atoms with van der Waals surface area (Å²) in [5, 5.41) is 7.15. The van der Waals surface area contributed by atoms with Crippen LogP contribution in [0.1, 0.15) is 0 Å². The van der Waals surface area contributed by atoms with Gasteiger partial charge in [0.1, 0.15) is 11.2 Å². The number of hydrogen-bond acceptors (Lipinski definition) is 2. The maximum absolute atomic E-state index is 6.48. The van der Waals surface area contributed by atoms with Crippen LogP contribution in [-0.4, -0.2) is 0 Å². The highest BCUT2D eigenvalue weighted by Crippen LogP contribution is 2.41. The first kappa shape index (κ1) is 30.0. The second-order valence-electron chi connectivity index (χ2n) is 13.3. The number of benzene rings is 9. The third kappa shape index (κ3) is 5.12. The van der Waals surface area contributed by atoms with Gasteiger partial charge in [0.2, 0.25) is 0 Å². The van der Waals surface area contributed by atoms with E-state index in [1.54, 1.807) is 0 Å². The Morgan fingerprint density at radius 3 is 1.54 bits per heavy atom. The minimum atomic E-state index is 0.905. The molecule has 2 heteroatoms. The van der Waals surface area contributed by atoms with Crippen molar-refractivity contribution in [1.29, 1.82) is 0 Å². The second-order valence-corrected chi connectivity index (χ2v) is 13.3. The molecule has 1 aromatic heterocycles. The summed E-state index contributed by atoms with van der Waals surface area (Å²) >= 11 is 0. The fraction of sp³-hybridized carbons (Fsp3) is 0. The van der Waals surface area contributed by atoms with Gasteiger partial charge in [-0.15, -0.1) is 0 Å². The monoisotopic (exact) mass is 663 g/mol. The molecule has 0 atom stereocenters. The van der Waals surface area contributed by atoms with E-state index in [2.05, 4.69) is 205 Å². The average Bonchev–Trinajstić information content (AvgIpc) is 3.62. The lowest BCUT2D eigenvalue weighted by Crippen LogP contribution is -2.09. The van der Waals surface area contributed by atoms with Crippen LogP contribution in [0.4, 0.5) is 17.1 Å². The number of para-hydroxylation sites is 1. The van der Waals surface area contributed by atoms with E-state index in [4.69, 9.17) is 4.42 Å². The van der Waals surface area contributed by atoms with Gasteiger partial charge in [-0.25, -0.2) is 0 Å². The zero-order valence-corrected chi connectivity index (χ0v) is 28.4. The zero-order valence-electron chi connectivity index (χ0n) is 28.4. The quantitative estimate of drug-likeness (QED) is 0.176. The number of furan rings is 1. The van der Waals surface area contributed by atoms with Gasteiger partial charge < -0.3 is 9.32 Å². The molecule has 0 fully saturated rings. The van der Waals surface area contributed by atoms with Gasteiger partial charge in [-0.3, -0.25) is 0 Å². The fourth-order valence-corrected chi connectivity index (χ4v) is 7.73. The summed E-state index contributed by atoms with van der Waals surface area (Å²) in [5.41, 5.74) is 12.3. The molecule has 1 heterocycles. The molecule has 10 rings (SSSR count). The Morgan fingerprint density at radius 2 is 0.808 bits per heavy atom. The van der Waals surface area contributed by atoms with Crippen molar-refractivity contribution in [3.8, 4) is 33.4 Å². The molecule has 0 unspecified atom stereocenters. The first-order chi connectivity index (χ1) is 25.8. The van der Waals surface area contributed by atoms with Crippen LogP contribution in [0, 0.1) is 0 Å². The molecule has 0 saturated carbocycles. The minimum Gasteiger partial charge on any atom is -0.455 e. The van der Waals surface area contributed by atoms with Crippen LogP contribution in [0.3, 0.4) is 0 Å². The summed E-state index contributed by atoms with van der Waals surface area (Å²) in [6, 6.07) is 71.6. The van der Waals surface area contributed by atoms with Crippen LogP contribution in [0.25, 0.3) is 76.9 Å². The van der Waals surface area contributed by atoms with Crippen LogP contribution in [0.15, 0.2) is 205 Å². The first-order valence-corrected chi connectivity index (χ1v) is 17.8. The molecule has 0 amide bonds. The summed E-state index contributed by atoms with van der Waals surface area (Å²) < 4.78 is 6.48. The lowest BCUT2D eigenvalue weighted by atomic mass is 9.96. The van der Waals surface area contributed by atoms with E-state index in [-0.39, 0.29) is 0 Å². The molecular weight excluding hydrogens is 631 g/mol. The van der Waals surface area contributed by atoms with Gasteiger partial charge in [-0.1, -0.05) is 152 Å². The van der Waals surface area contributed by atoms with Crippen LogP contribution < -0.4 is 4.90 Å². The van der Waals surface area contributed by atoms with Crippen molar-refractivity contribution in [2.24, 2.45) is 0 Å². The summed E-state index contributed by atoms with van der Waals surface area (Å²) in [5.74, 6) is 0. The van der Waals surface area contributed by atoms with Crippen molar-refractivity contribution in [3.05, 3.63) is 200 Å². The molecule has 0 N–H and O–H groups in total. The van der Waals surface area contributed by atoms with Crippen LogP contribution in [0.2, 0.25) is 0 Å². The highest BCUT2D eigenvalue weighted by molar-refractivity contribution is 6.19. The van der Waals surface area contributed by atoms with Gasteiger partial charge in [0.05, 0.1) is 0 Å². The Balaban J connectivity index is 0.985. The Bertz CT molecular complexity index is 2860. The van der Waals surface area contributed by atoms with E-state index < -0.39 is 0 Å². The smallest absolute Gasteiger partial charge is 0.143 e. The molecule has 9 aromatic carbocycles. The molecule has 0 radical (unpaired) electrons. The predicted octanol–water partition coefficient (Wildman–Crippen LogP) is 14.4. The lowest BCUT2D eigenvalue weighted by molar-refractivity contribution is 0.673. The topological polar surface area (TPSA) is 16.4 Å². The van der Waals surface area contributed by atoms with Gasteiger partial charge in [-0.2, -0.15) is 0 Å². The van der Waals surface area contributed by atoms with Crippen molar-refractivity contribution in [3.63, 3.8) is 0 Å². The Labute approximate surface area is 302 Å². The maximum atomic E-state index is 6.48. The van der Waals surface area contributed by atoms with E-state index in [9.17, 15) is 0 Å². The van der Waals surface area contributed by atoms with E-state index in [0.29, 0.717) is 0 Å². The Kier molecular flexibility index (Phi) is 7.18. The van der Waals surface area contributed by atoms with Crippen LogP contribution in [0.5, 0.6) is 0 Å². The van der Waals surface area contributed by atoms with Crippen molar-refractivity contribution in [2.45, 2.75) is 0 Å². The number of rotatable bonds is 6. The standard InChI is InChI=1S/C50H33NO/c1-2-13-40(14-3-1)51(41-29-24-35(25-30-41)34-20-22-38(23-21-34)44-17-8-12-36-10-4-6-15-43(36)44)42-31-26-39(27-32-42)45-18-9-19-48-49(45)47-33-28-37-11-5-7-16-46(37)50(47)52-48/h1-33H. The van der Waals surface area contributed by atoms with Crippen molar-refractivity contribution >= 4 is 60.5 Å². The average molecular weight is 664 g/mol. The molecule has 244 valence electrons. The third-order valence-electron chi connectivity index (χ3n) is 10.3. The molecule has 0 bridgehead atoms. The normalized spacial score (nSPS) is 11.5. The number of nitrogens with zero attached hydrogens (tertiary/aromatic N) is 1. The number of anilines is 3. The van der Waals surface area contributed by atoms with E-state index in [0.717, 1.165) is 50.0 Å². The molecule has 0 aliphatic carbocycles. The molecule has 0 aliphatic heterocycles. The van der Waals surface area contributed by atoms with Crippen molar-refractivity contribution in [1.82, 2.24) is 0 Å². The van der Waals surface area contributed by atoms with E-state index in [1.807, 2.05) is 0 Å². The van der Waals surface area contributed by atoms with Gasteiger partial charge >= 0.3 is 0 Å². The molecule has 0 spiro atoms.